The van der Waals surface area contributed by atoms with Gasteiger partial charge in [-0.25, -0.2) is 0 Å². The molecule has 0 aromatic heterocycles. The SMILES string of the molecule is CCc1cc(C#N)c2ccc(C(C)C)ccc1-2. The summed E-state index contributed by atoms with van der Waals surface area (Å²) >= 11 is 0. The molecule has 0 amide bonds. The molecule has 0 atom stereocenters. The van der Waals surface area contributed by atoms with Crippen molar-refractivity contribution in [1.82, 2.24) is 0 Å². The molecular weight excluding hydrogens is 206 g/mol. The Morgan fingerprint density at radius 2 is 1.76 bits per heavy atom. The first kappa shape index (κ1) is 11.7. The molecule has 86 valence electrons. The maximum atomic E-state index is 9.15. The highest BCUT2D eigenvalue weighted by Gasteiger charge is 2.13. The maximum absolute atomic E-state index is 9.15. The second-order valence-electron chi connectivity index (χ2n) is 4.70. The highest BCUT2D eigenvalue weighted by atomic mass is 14.3. The van der Waals surface area contributed by atoms with Gasteiger partial charge in [-0.15, -0.1) is 0 Å². The third kappa shape index (κ3) is 2.03. The molecule has 2 rings (SSSR count). The number of rotatable bonds is 2. The van der Waals surface area contributed by atoms with Gasteiger partial charge in [-0.1, -0.05) is 45.0 Å². The Morgan fingerprint density at radius 1 is 1.12 bits per heavy atom. The van der Waals surface area contributed by atoms with Crippen LogP contribution in [0.4, 0.5) is 0 Å². The Labute approximate surface area is 103 Å². The lowest BCUT2D eigenvalue weighted by Gasteiger charge is -1.99. The summed E-state index contributed by atoms with van der Waals surface area (Å²) in [5.41, 5.74) is 5.67. The summed E-state index contributed by atoms with van der Waals surface area (Å²) in [7, 11) is 0. The van der Waals surface area contributed by atoms with E-state index in [2.05, 4.69) is 51.1 Å². The average Bonchev–Trinajstić information content (AvgIpc) is 2.51. The van der Waals surface area contributed by atoms with E-state index >= 15 is 0 Å². The second-order valence-corrected chi connectivity index (χ2v) is 4.70. The third-order valence-electron chi connectivity index (χ3n) is 3.30. The fraction of sp³-hybridized carbons (Fsp3) is 0.312. The number of nitrogens with zero attached hydrogens (tertiary/aromatic N) is 1. The van der Waals surface area contributed by atoms with Crippen LogP contribution in [0.3, 0.4) is 0 Å². The molecular formula is C16H17N. The van der Waals surface area contributed by atoms with Crippen LogP contribution in [0.2, 0.25) is 0 Å². The Morgan fingerprint density at radius 3 is 2.29 bits per heavy atom. The highest BCUT2D eigenvalue weighted by Crippen LogP contribution is 2.32. The van der Waals surface area contributed by atoms with Crippen LogP contribution in [0.5, 0.6) is 0 Å². The molecule has 0 N–H and O–H groups in total. The van der Waals surface area contributed by atoms with Crippen LogP contribution in [0.1, 0.15) is 43.4 Å². The minimum absolute atomic E-state index is 0.516. The standard InChI is InChI=1S/C16H17N/c1-4-12-9-14(10-17)16-8-6-13(11(2)3)5-7-15(12)16/h5-9,11H,4H2,1-3H3. The smallest absolute Gasteiger partial charge is 0.0998 e. The topological polar surface area (TPSA) is 23.8 Å². The lowest BCUT2D eigenvalue weighted by Crippen LogP contribution is -1.81. The van der Waals surface area contributed by atoms with E-state index < -0.39 is 0 Å². The van der Waals surface area contributed by atoms with Gasteiger partial charge in [-0.3, -0.25) is 0 Å². The first-order valence-electron chi connectivity index (χ1n) is 6.13. The molecule has 1 heteroatoms. The molecule has 0 spiro atoms. The van der Waals surface area contributed by atoms with Gasteiger partial charge in [0.1, 0.15) is 0 Å². The molecule has 0 radical (unpaired) electrons. The zero-order valence-corrected chi connectivity index (χ0v) is 10.6. The number of fused-ring (bicyclic) bond motifs is 1. The van der Waals surface area contributed by atoms with Gasteiger partial charge in [-0.05, 0) is 40.7 Å². The Balaban J connectivity index is 2.68. The summed E-state index contributed by atoms with van der Waals surface area (Å²) in [4.78, 5) is 0. The monoisotopic (exact) mass is 223 g/mol. The van der Waals surface area contributed by atoms with Gasteiger partial charge in [0.25, 0.3) is 0 Å². The Kier molecular flexibility index (Phi) is 3.15. The molecule has 1 nitrogen and oxygen atoms in total. The van der Waals surface area contributed by atoms with E-state index in [1.54, 1.807) is 0 Å². The van der Waals surface area contributed by atoms with Crippen molar-refractivity contribution in [2.45, 2.75) is 33.1 Å². The van der Waals surface area contributed by atoms with E-state index in [0.29, 0.717) is 5.92 Å². The van der Waals surface area contributed by atoms with Crippen LogP contribution in [-0.2, 0) is 6.42 Å². The first-order valence-corrected chi connectivity index (χ1v) is 6.13. The predicted octanol–water partition coefficient (Wildman–Crippen LogP) is 4.35. The third-order valence-corrected chi connectivity index (χ3v) is 3.30. The van der Waals surface area contributed by atoms with Crippen molar-refractivity contribution in [2.75, 3.05) is 0 Å². The Hall–Kier alpha value is -1.81. The van der Waals surface area contributed by atoms with Gasteiger partial charge >= 0.3 is 0 Å². The zero-order valence-electron chi connectivity index (χ0n) is 10.6. The molecule has 0 aliphatic heterocycles. The summed E-state index contributed by atoms with van der Waals surface area (Å²) < 4.78 is 0. The summed E-state index contributed by atoms with van der Waals surface area (Å²) in [5, 5.41) is 9.15. The number of hydrogen-bond acceptors (Lipinski definition) is 1. The summed E-state index contributed by atoms with van der Waals surface area (Å²) in [6, 6.07) is 12.8. The second kappa shape index (κ2) is 4.59. The molecule has 2 aliphatic carbocycles. The van der Waals surface area contributed by atoms with Crippen LogP contribution in [-0.4, -0.2) is 0 Å². The molecule has 2 aliphatic rings. The number of nitriles is 1. The average molecular weight is 223 g/mol. The number of hydrogen-bond donors (Lipinski definition) is 0. The normalized spacial score (nSPS) is 10.8. The molecule has 0 aromatic carbocycles. The molecule has 0 saturated heterocycles. The molecule has 0 fully saturated rings. The minimum atomic E-state index is 0.516. The summed E-state index contributed by atoms with van der Waals surface area (Å²) in [5.74, 6) is 0.516. The molecule has 0 saturated carbocycles. The van der Waals surface area contributed by atoms with Crippen molar-refractivity contribution < 1.29 is 0 Å². The minimum Gasteiger partial charge on any atom is -0.192 e. The van der Waals surface area contributed by atoms with E-state index in [1.165, 1.54) is 16.7 Å². The van der Waals surface area contributed by atoms with Crippen molar-refractivity contribution in [3.05, 3.63) is 47.0 Å². The van der Waals surface area contributed by atoms with Gasteiger partial charge < -0.3 is 0 Å². The van der Waals surface area contributed by atoms with E-state index in [1.807, 2.05) is 6.07 Å². The highest BCUT2D eigenvalue weighted by molar-refractivity contribution is 5.77. The van der Waals surface area contributed by atoms with Crippen molar-refractivity contribution in [3.8, 4) is 17.2 Å². The fourth-order valence-electron chi connectivity index (χ4n) is 2.21. The number of aryl methyl sites for hydroxylation is 1. The van der Waals surface area contributed by atoms with Gasteiger partial charge in [0.2, 0.25) is 0 Å². The van der Waals surface area contributed by atoms with Gasteiger partial charge in [0, 0.05) is 0 Å². The van der Waals surface area contributed by atoms with E-state index in [-0.39, 0.29) is 0 Å². The van der Waals surface area contributed by atoms with Crippen LogP contribution in [0, 0.1) is 11.3 Å². The van der Waals surface area contributed by atoms with Crippen LogP contribution in [0.15, 0.2) is 30.3 Å². The van der Waals surface area contributed by atoms with Gasteiger partial charge in [-0.2, -0.15) is 5.26 Å². The van der Waals surface area contributed by atoms with Gasteiger partial charge in [0.05, 0.1) is 11.6 Å². The van der Waals surface area contributed by atoms with Crippen molar-refractivity contribution in [3.63, 3.8) is 0 Å². The van der Waals surface area contributed by atoms with Crippen LogP contribution >= 0.6 is 0 Å². The lowest BCUT2D eigenvalue weighted by atomic mass is 10.1. The van der Waals surface area contributed by atoms with Crippen LogP contribution < -0.4 is 0 Å². The predicted molar refractivity (Wildman–Crippen MR) is 71.2 cm³/mol. The maximum Gasteiger partial charge on any atom is 0.0998 e. The molecule has 0 bridgehead atoms. The summed E-state index contributed by atoms with van der Waals surface area (Å²) in [6.45, 7) is 6.50. The molecule has 0 aromatic rings. The zero-order chi connectivity index (χ0) is 12.4. The summed E-state index contributed by atoms with van der Waals surface area (Å²) in [6.07, 6.45) is 0.971. The molecule has 0 heterocycles. The van der Waals surface area contributed by atoms with E-state index in [0.717, 1.165) is 17.5 Å². The van der Waals surface area contributed by atoms with Crippen molar-refractivity contribution >= 4 is 0 Å². The molecule has 17 heavy (non-hydrogen) atoms. The fourth-order valence-corrected chi connectivity index (χ4v) is 2.21. The first-order chi connectivity index (χ1) is 8.17. The Bertz CT molecular complexity index is 546. The van der Waals surface area contributed by atoms with E-state index in [9.17, 15) is 0 Å². The largest absolute Gasteiger partial charge is 0.192 e. The van der Waals surface area contributed by atoms with Crippen molar-refractivity contribution in [2.24, 2.45) is 0 Å². The van der Waals surface area contributed by atoms with Crippen molar-refractivity contribution in [1.29, 1.82) is 5.26 Å². The molecule has 0 unspecified atom stereocenters. The quantitative estimate of drug-likeness (QED) is 0.742. The van der Waals surface area contributed by atoms with Crippen LogP contribution in [0.25, 0.3) is 11.1 Å². The lowest BCUT2D eigenvalue weighted by molar-refractivity contribution is 0.868. The van der Waals surface area contributed by atoms with E-state index in [4.69, 9.17) is 5.26 Å². The van der Waals surface area contributed by atoms with Gasteiger partial charge in [0.15, 0.2) is 0 Å².